The predicted molar refractivity (Wildman–Crippen MR) is 79.9 cm³/mol. The van der Waals surface area contributed by atoms with E-state index in [9.17, 15) is 0 Å². The first-order valence-electron chi connectivity index (χ1n) is 7.03. The van der Waals surface area contributed by atoms with Gasteiger partial charge in [-0.25, -0.2) is 4.98 Å². The Hall–Kier alpha value is -1.27. The molecule has 2 atom stereocenters. The molecule has 0 aliphatic heterocycles. The Morgan fingerprint density at radius 2 is 2.10 bits per heavy atom. The van der Waals surface area contributed by atoms with Crippen molar-refractivity contribution in [2.45, 2.75) is 58.4 Å². The number of rotatable bonds is 7. The molecule has 0 fully saturated rings. The first-order chi connectivity index (χ1) is 9.54. The lowest BCUT2D eigenvalue weighted by Gasteiger charge is -2.07. The van der Waals surface area contributed by atoms with E-state index in [2.05, 4.69) is 22.0 Å². The van der Waals surface area contributed by atoms with Crippen LogP contribution in [0.2, 0.25) is 0 Å². The second kappa shape index (κ2) is 6.95. The third-order valence-electron chi connectivity index (χ3n) is 3.18. The number of hydrogen-bond acceptors (Lipinski definition) is 6. The topological polar surface area (TPSA) is 77.8 Å². The van der Waals surface area contributed by atoms with Crippen molar-refractivity contribution in [1.29, 1.82) is 0 Å². The number of nitrogens with zero attached hydrogens (tertiary/aromatic N) is 3. The van der Waals surface area contributed by atoms with Crippen LogP contribution in [-0.2, 0) is 6.42 Å². The van der Waals surface area contributed by atoms with Crippen LogP contribution < -0.4 is 5.73 Å². The van der Waals surface area contributed by atoms with E-state index in [4.69, 9.17) is 10.3 Å². The second-order valence-electron chi connectivity index (χ2n) is 5.42. The number of hydrogen-bond donors (Lipinski definition) is 1. The summed E-state index contributed by atoms with van der Waals surface area (Å²) in [5.41, 5.74) is 6.79. The Morgan fingerprint density at radius 1 is 1.30 bits per heavy atom. The molecule has 2 aromatic heterocycles. The highest BCUT2D eigenvalue weighted by Crippen LogP contribution is 2.21. The molecule has 110 valence electrons. The largest absolute Gasteiger partial charge is 0.339 e. The van der Waals surface area contributed by atoms with Crippen LogP contribution >= 0.6 is 11.3 Å². The van der Waals surface area contributed by atoms with Crippen molar-refractivity contribution in [3.05, 3.63) is 27.8 Å². The van der Waals surface area contributed by atoms with Crippen molar-refractivity contribution in [1.82, 2.24) is 15.1 Å². The fraction of sp³-hybridized carbons (Fsp3) is 0.643. The van der Waals surface area contributed by atoms with Crippen LogP contribution in [0, 0.1) is 6.92 Å². The molecular weight excluding hydrogens is 272 g/mol. The highest BCUT2D eigenvalue weighted by Gasteiger charge is 2.15. The van der Waals surface area contributed by atoms with Gasteiger partial charge in [0.2, 0.25) is 5.89 Å². The lowest BCUT2D eigenvalue weighted by atomic mass is 10.0. The average Bonchev–Trinajstić information content (AvgIpc) is 2.99. The Kier molecular flexibility index (Phi) is 5.25. The maximum atomic E-state index is 5.75. The van der Waals surface area contributed by atoms with Crippen molar-refractivity contribution >= 4 is 11.3 Å². The number of aryl methyl sites for hydroxylation is 1. The molecule has 5 nitrogen and oxygen atoms in total. The van der Waals surface area contributed by atoms with E-state index in [0.29, 0.717) is 12.2 Å². The maximum absolute atomic E-state index is 5.75. The van der Waals surface area contributed by atoms with E-state index in [-0.39, 0.29) is 12.0 Å². The summed E-state index contributed by atoms with van der Waals surface area (Å²) in [7, 11) is 0. The van der Waals surface area contributed by atoms with Crippen molar-refractivity contribution in [3.8, 4) is 0 Å². The van der Waals surface area contributed by atoms with Crippen molar-refractivity contribution < 1.29 is 4.52 Å². The van der Waals surface area contributed by atoms with Gasteiger partial charge < -0.3 is 10.3 Å². The quantitative estimate of drug-likeness (QED) is 0.849. The van der Waals surface area contributed by atoms with Crippen LogP contribution in [-0.4, -0.2) is 21.2 Å². The molecule has 2 aromatic rings. The zero-order valence-electron chi connectivity index (χ0n) is 12.3. The number of thiazole rings is 1. The zero-order chi connectivity index (χ0) is 14.5. The molecule has 2 heterocycles. The van der Waals surface area contributed by atoms with Gasteiger partial charge in [-0.05, 0) is 26.7 Å². The summed E-state index contributed by atoms with van der Waals surface area (Å²) in [5, 5.41) is 7.10. The molecule has 0 spiro atoms. The van der Waals surface area contributed by atoms with Gasteiger partial charge in [0.05, 0.1) is 6.42 Å². The maximum Gasteiger partial charge on any atom is 0.229 e. The van der Waals surface area contributed by atoms with Gasteiger partial charge >= 0.3 is 0 Å². The lowest BCUT2D eigenvalue weighted by Crippen LogP contribution is -2.14. The highest BCUT2D eigenvalue weighted by atomic mass is 32.1. The Morgan fingerprint density at radius 3 is 2.75 bits per heavy atom. The standard InChI is InChI=1S/C14H22N4OS/c1-9(5-4-6-10(2)15)14-17-12(18-19-14)7-13-16-11(3)8-20-13/h8-10H,4-7,15H2,1-3H3. The highest BCUT2D eigenvalue weighted by molar-refractivity contribution is 7.09. The Labute approximate surface area is 123 Å². The van der Waals surface area contributed by atoms with E-state index in [1.807, 2.05) is 19.2 Å². The summed E-state index contributed by atoms with van der Waals surface area (Å²) in [6.45, 7) is 6.14. The molecule has 2 N–H and O–H groups in total. The van der Waals surface area contributed by atoms with Crippen molar-refractivity contribution in [2.24, 2.45) is 5.73 Å². The summed E-state index contributed by atoms with van der Waals surface area (Å²) < 4.78 is 5.35. The summed E-state index contributed by atoms with van der Waals surface area (Å²) >= 11 is 1.63. The summed E-state index contributed by atoms with van der Waals surface area (Å²) in [4.78, 5) is 8.88. The van der Waals surface area contributed by atoms with Crippen LogP contribution in [0.4, 0.5) is 0 Å². The van der Waals surface area contributed by atoms with E-state index >= 15 is 0 Å². The van der Waals surface area contributed by atoms with Gasteiger partial charge in [0.1, 0.15) is 5.01 Å². The van der Waals surface area contributed by atoms with Gasteiger partial charge in [0.25, 0.3) is 0 Å². The molecule has 0 saturated carbocycles. The summed E-state index contributed by atoms with van der Waals surface area (Å²) in [5.74, 6) is 1.72. The summed E-state index contributed by atoms with van der Waals surface area (Å²) in [6.07, 6.45) is 3.79. The monoisotopic (exact) mass is 294 g/mol. The molecular formula is C14H22N4OS. The molecule has 0 aliphatic carbocycles. The van der Waals surface area contributed by atoms with Gasteiger partial charge in [-0.3, -0.25) is 0 Å². The van der Waals surface area contributed by atoms with Gasteiger partial charge in [-0.2, -0.15) is 4.98 Å². The SMILES string of the molecule is Cc1csc(Cc2noc(C(C)CCCC(C)N)n2)n1. The fourth-order valence-electron chi connectivity index (χ4n) is 2.03. The fourth-order valence-corrected chi connectivity index (χ4v) is 2.80. The van der Waals surface area contributed by atoms with Crippen molar-refractivity contribution in [2.75, 3.05) is 0 Å². The number of nitrogens with two attached hydrogens (primary N) is 1. The Balaban J connectivity index is 1.88. The molecule has 0 bridgehead atoms. The smallest absolute Gasteiger partial charge is 0.229 e. The molecule has 0 saturated heterocycles. The van der Waals surface area contributed by atoms with Gasteiger partial charge in [0, 0.05) is 23.0 Å². The molecule has 0 aliphatic rings. The third kappa shape index (κ3) is 4.38. The first kappa shape index (κ1) is 15.1. The predicted octanol–water partition coefficient (Wildman–Crippen LogP) is 3.05. The van der Waals surface area contributed by atoms with E-state index in [1.54, 1.807) is 11.3 Å². The van der Waals surface area contributed by atoms with E-state index in [1.165, 1.54) is 0 Å². The minimum atomic E-state index is 0.258. The molecule has 0 aromatic carbocycles. The average molecular weight is 294 g/mol. The van der Waals surface area contributed by atoms with E-state index < -0.39 is 0 Å². The van der Waals surface area contributed by atoms with Crippen molar-refractivity contribution in [3.63, 3.8) is 0 Å². The molecule has 0 radical (unpaired) electrons. The molecule has 0 amide bonds. The minimum Gasteiger partial charge on any atom is -0.339 e. The Bertz CT molecular complexity index is 535. The van der Waals surface area contributed by atoms with E-state index in [0.717, 1.165) is 35.9 Å². The van der Waals surface area contributed by atoms with Crippen LogP contribution in [0.5, 0.6) is 0 Å². The zero-order valence-corrected chi connectivity index (χ0v) is 13.1. The minimum absolute atomic E-state index is 0.258. The number of aromatic nitrogens is 3. The first-order valence-corrected chi connectivity index (χ1v) is 7.91. The summed E-state index contributed by atoms with van der Waals surface area (Å²) in [6, 6.07) is 0.258. The molecule has 2 unspecified atom stereocenters. The molecule has 6 heteroatoms. The van der Waals surface area contributed by atoms with Gasteiger partial charge in [-0.15, -0.1) is 11.3 Å². The third-order valence-corrected chi connectivity index (χ3v) is 4.14. The van der Waals surface area contributed by atoms with Crippen LogP contribution in [0.1, 0.15) is 61.4 Å². The lowest BCUT2D eigenvalue weighted by molar-refractivity contribution is 0.346. The molecule has 20 heavy (non-hydrogen) atoms. The van der Waals surface area contributed by atoms with Crippen LogP contribution in [0.25, 0.3) is 0 Å². The van der Waals surface area contributed by atoms with Crippen LogP contribution in [0.15, 0.2) is 9.90 Å². The molecule has 2 rings (SSSR count). The second-order valence-corrected chi connectivity index (χ2v) is 6.36. The van der Waals surface area contributed by atoms with Gasteiger partial charge in [-0.1, -0.05) is 18.5 Å². The van der Waals surface area contributed by atoms with Gasteiger partial charge in [0.15, 0.2) is 5.82 Å². The normalized spacial score (nSPS) is 14.4. The van der Waals surface area contributed by atoms with Crippen LogP contribution in [0.3, 0.4) is 0 Å².